The number of rotatable bonds is 6. The predicted molar refractivity (Wildman–Crippen MR) is 94.6 cm³/mol. The van der Waals surface area contributed by atoms with Crippen LogP contribution in [-0.4, -0.2) is 16.8 Å². The number of hydrogen-bond acceptors (Lipinski definition) is 2. The molecule has 1 N–H and O–H groups in total. The van der Waals surface area contributed by atoms with E-state index in [0.717, 1.165) is 34.0 Å². The van der Waals surface area contributed by atoms with Crippen LogP contribution < -0.4 is 5.32 Å². The number of benzene rings is 1. The van der Waals surface area contributed by atoms with Gasteiger partial charge in [0.2, 0.25) is 0 Å². The average Bonchev–Trinajstić information content (AvgIpc) is 2.81. The van der Waals surface area contributed by atoms with Gasteiger partial charge in [-0.25, -0.2) is 0 Å². The Balaban J connectivity index is 2.30. The number of aromatic nitrogens is 2. The van der Waals surface area contributed by atoms with Crippen LogP contribution in [0.2, 0.25) is 0 Å². The van der Waals surface area contributed by atoms with Gasteiger partial charge < -0.3 is 5.32 Å². The molecule has 2 aromatic rings. The van der Waals surface area contributed by atoms with Crippen LogP contribution in [0.3, 0.4) is 0 Å². The van der Waals surface area contributed by atoms with Crippen molar-refractivity contribution >= 4 is 31.9 Å². The Bertz CT molecular complexity index is 590. The van der Waals surface area contributed by atoms with Crippen LogP contribution in [0.4, 0.5) is 0 Å². The van der Waals surface area contributed by atoms with E-state index in [2.05, 4.69) is 85.1 Å². The van der Waals surface area contributed by atoms with Crippen molar-refractivity contribution in [1.29, 1.82) is 0 Å². The number of aryl methyl sites for hydroxylation is 2. The van der Waals surface area contributed by atoms with E-state index in [1.54, 1.807) is 0 Å². The van der Waals surface area contributed by atoms with Gasteiger partial charge in [-0.2, -0.15) is 5.10 Å². The number of halogens is 2. The molecule has 1 heterocycles. The number of nitrogens with zero attached hydrogens (tertiary/aromatic N) is 2. The Labute approximate surface area is 143 Å². The van der Waals surface area contributed by atoms with Crippen molar-refractivity contribution < 1.29 is 0 Å². The highest BCUT2D eigenvalue weighted by Gasteiger charge is 2.18. The van der Waals surface area contributed by atoms with E-state index >= 15 is 0 Å². The zero-order valence-corrected chi connectivity index (χ0v) is 15.8. The Hall–Kier alpha value is -0.650. The van der Waals surface area contributed by atoms with Gasteiger partial charge in [-0.3, -0.25) is 4.68 Å². The Morgan fingerprint density at radius 2 is 1.86 bits per heavy atom. The molecule has 0 aliphatic rings. The molecule has 1 atom stereocenters. The van der Waals surface area contributed by atoms with Crippen LogP contribution in [0, 0.1) is 0 Å². The van der Waals surface area contributed by atoms with Crippen molar-refractivity contribution in [2.24, 2.45) is 0 Å². The van der Waals surface area contributed by atoms with Crippen molar-refractivity contribution in [2.45, 2.75) is 39.3 Å². The summed E-state index contributed by atoms with van der Waals surface area (Å²) in [7, 11) is 2.01. The molecule has 5 heteroatoms. The maximum Gasteiger partial charge on any atom is 0.0766 e. The lowest BCUT2D eigenvalue weighted by Gasteiger charge is -2.18. The van der Waals surface area contributed by atoms with E-state index in [4.69, 9.17) is 0 Å². The maximum absolute atomic E-state index is 4.68. The van der Waals surface area contributed by atoms with Crippen molar-refractivity contribution in [2.75, 3.05) is 7.05 Å². The fraction of sp³-hybridized carbons (Fsp3) is 0.438. The van der Waals surface area contributed by atoms with E-state index in [1.807, 2.05) is 7.05 Å². The quantitative estimate of drug-likeness (QED) is 0.754. The number of nitrogens with one attached hydrogen (secondary N) is 1. The monoisotopic (exact) mass is 413 g/mol. The zero-order valence-electron chi connectivity index (χ0n) is 12.7. The molecule has 0 aliphatic heterocycles. The third-order valence-electron chi connectivity index (χ3n) is 3.71. The van der Waals surface area contributed by atoms with E-state index in [9.17, 15) is 0 Å². The van der Waals surface area contributed by atoms with Gasteiger partial charge in [0.1, 0.15) is 0 Å². The maximum atomic E-state index is 4.68. The average molecular weight is 415 g/mol. The molecule has 0 spiro atoms. The molecular formula is C16H21Br2N3. The van der Waals surface area contributed by atoms with Crippen LogP contribution in [0.15, 0.2) is 33.2 Å². The molecule has 0 bridgehead atoms. The molecule has 114 valence electrons. The second kappa shape index (κ2) is 7.56. The predicted octanol–water partition coefficient (Wildman–Crippen LogP) is 4.49. The van der Waals surface area contributed by atoms with Crippen molar-refractivity contribution in [3.63, 3.8) is 0 Å². The van der Waals surface area contributed by atoms with E-state index in [0.29, 0.717) is 0 Å². The van der Waals surface area contributed by atoms with Crippen LogP contribution in [0.5, 0.6) is 0 Å². The second-order valence-electron chi connectivity index (χ2n) is 4.97. The molecule has 1 aromatic carbocycles. The molecule has 21 heavy (non-hydrogen) atoms. The second-order valence-corrected chi connectivity index (χ2v) is 6.68. The molecule has 3 nitrogen and oxygen atoms in total. The first-order valence-electron chi connectivity index (χ1n) is 7.27. The minimum absolute atomic E-state index is 0.279. The van der Waals surface area contributed by atoms with Crippen LogP contribution in [0.1, 0.15) is 36.8 Å². The van der Waals surface area contributed by atoms with Crippen LogP contribution in [-0.2, 0) is 19.4 Å². The summed E-state index contributed by atoms with van der Waals surface area (Å²) in [5.41, 5.74) is 3.68. The van der Waals surface area contributed by atoms with Gasteiger partial charge in [-0.05, 0) is 54.0 Å². The molecule has 0 saturated heterocycles. The van der Waals surface area contributed by atoms with Gasteiger partial charge >= 0.3 is 0 Å². The molecule has 0 saturated carbocycles. The summed E-state index contributed by atoms with van der Waals surface area (Å²) < 4.78 is 4.37. The lowest BCUT2D eigenvalue weighted by Crippen LogP contribution is -2.20. The van der Waals surface area contributed by atoms with E-state index in [1.165, 1.54) is 11.3 Å². The fourth-order valence-corrected chi connectivity index (χ4v) is 3.48. The first-order chi connectivity index (χ1) is 10.1. The molecule has 1 aromatic heterocycles. The fourth-order valence-electron chi connectivity index (χ4n) is 2.49. The summed E-state index contributed by atoms with van der Waals surface area (Å²) >= 11 is 7.21. The molecule has 1 unspecified atom stereocenters. The summed E-state index contributed by atoms with van der Waals surface area (Å²) in [6.07, 6.45) is 1.86. The Kier molecular flexibility index (Phi) is 6.02. The summed E-state index contributed by atoms with van der Waals surface area (Å²) in [6.45, 7) is 5.17. The smallest absolute Gasteiger partial charge is 0.0766 e. The summed E-state index contributed by atoms with van der Waals surface area (Å²) in [6, 6.07) is 8.77. The van der Waals surface area contributed by atoms with Gasteiger partial charge in [0.15, 0.2) is 0 Å². The van der Waals surface area contributed by atoms with Crippen molar-refractivity contribution in [3.8, 4) is 0 Å². The Morgan fingerprint density at radius 1 is 1.19 bits per heavy atom. The highest BCUT2D eigenvalue weighted by atomic mass is 79.9. The number of hydrogen-bond donors (Lipinski definition) is 1. The van der Waals surface area contributed by atoms with Crippen LogP contribution in [0.25, 0.3) is 0 Å². The normalized spacial score (nSPS) is 12.6. The third kappa shape index (κ3) is 3.76. The largest absolute Gasteiger partial charge is 0.313 e. The van der Waals surface area contributed by atoms with E-state index in [-0.39, 0.29) is 6.04 Å². The molecule has 0 radical (unpaired) electrons. The first-order valence-corrected chi connectivity index (χ1v) is 8.86. The molecule has 0 fully saturated rings. The molecule has 2 rings (SSSR count). The SMILES string of the molecule is CCc1nn(CC)c(CC(NC)c2ccc(Br)cc2)c1Br. The van der Waals surface area contributed by atoms with Gasteiger partial charge in [0.25, 0.3) is 0 Å². The van der Waals surface area contributed by atoms with Crippen molar-refractivity contribution in [3.05, 3.63) is 50.2 Å². The third-order valence-corrected chi connectivity index (χ3v) is 5.16. The highest BCUT2D eigenvalue weighted by molar-refractivity contribution is 9.10. The lowest BCUT2D eigenvalue weighted by atomic mass is 10.0. The zero-order chi connectivity index (χ0) is 15.4. The molecule has 0 aliphatic carbocycles. The summed E-state index contributed by atoms with van der Waals surface area (Å²) in [5.74, 6) is 0. The minimum Gasteiger partial charge on any atom is -0.313 e. The molecule has 0 amide bonds. The first kappa shape index (κ1) is 16.7. The van der Waals surface area contributed by atoms with Gasteiger partial charge in [-0.15, -0.1) is 0 Å². The van der Waals surface area contributed by atoms with E-state index < -0.39 is 0 Å². The minimum atomic E-state index is 0.279. The van der Waals surface area contributed by atoms with Crippen LogP contribution >= 0.6 is 31.9 Å². The lowest BCUT2D eigenvalue weighted by molar-refractivity contribution is 0.539. The topological polar surface area (TPSA) is 29.9 Å². The molecular weight excluding hydrogens is 394 g/mol. The summed E-state index contributed by atoms with van der Waals surface area (Å²) in [4.78, 5) is 0. The highest BCUT2D eigenvalue weighted by Crippen LogP contribution is 2.27. The van der Waals surface area contributed by atoms with Gasteiger partial charge in [0.05, 0.1) is 15.9 Å². The standard InChI is InChI=1S/C16H21Br2N3/c1-4-13-16(18)15(21(5-2)20-13)10-14(19-3)11-6-8-12(17)9-7-11/h6-9,14,19H,4-5,10H2,1-3H3. The Morgan fingerprint density at radius 3 is 2.38 bits per heavy atom. The van der Waals surface area contributed by atoms with Crippen molar-refractivity contribution in [1.82, 2.24) is 15.1 Å². The van der Waals surface area contributed by atoms with Gasteiger partial charge in [-0.1, -0.05) is 35.0 Å². The summed E-state index contributed by atoms with van der Waals surface area (Å²) in [5, 5.41) is 8.09. The number of likely N-dealkylation sites (N-methyl/N-ethyl adjacent to an activating group) is 1. The van der Waals surface area contributed by atoms with Gasteiger partial charge in [0, 0.05) is 23.5 Å².